The standard InChI is InChI=1S/C12H18ClNO2/c1-9-6-11(15-2)12(16-3)7-10(9)8-14-5-4-13/h6-7,14H,4-5,8H2,1-3H3. The summed E-state index contributed by atoms with van der Waals surface area (Å²) in [5.41, 5.74) is 2.38. The zero-order valence-electron chi connectivity index (χ0n) is 9.97. The number of alkyl halides is 1. The van der Waals surface area contributed by atoms with Gasteiger partial charge in [-0.25, -0.2) is 0 Å². The van der Waals surface area contributed by atoms with Crippen molar-refractivity contribution >= 4 is 11.6 Å². The fourth-order valence-electron chi connectivity index (χ4n) is 1.50. The summed E-state index contributed by atoms with van der Waals surface area (Å²) in [6.07, 6.45) is 0. The molecule has 0 amide bonds. The van der Waals surface area contributed by atoms with E-state index in [0.29, 0.717) is 5.88 Å². The van der Waals surface area contributed by atoms with Gasteiger partial charge in [0.15, 0.2) is 11.5 Å². The Bertz CT molecular complexity index is 342. The van der Waals surface area contributed by atoms with Gasteiger partial charge in [-0.3, -0.25) is 0 Å². The van der Waals surface area contributed by atoms with Gasteiger partial charge in [0.2, 0.25) is 0 Å². The monoisotopic (exact) mass is 243 g/mol. The lowest BCUT2D eigenvalue weighted by molar-refractivity contribution is 0.354. The van der Waals surface area contributed by atoms with Gasteiger partial charge in [0, 0.05) is 19.0 Å². The molecule has 1 N–H and O–H groups in total. The Balaban J connectivity index is 2.84. The maximum absolute atomic E-state index is 5.61. The normalized spacial score (nSPS) is 10.2. The SMILES string of the molecule is COc1cc(C)c(CNCCCl)cc1OC. The van der Waals surface area contributed by atoms with Crippen LogP contribution in [0.4, 0.5) is 0 Å². The van der Waals surface area contributed by atoms with Gasteiger partial charge in [-0.2, -0.15) is 0 Å². The van der Waals surface area contributed by atoms with Crippen molar-refractivity contribution in [2.24, 2.45) is 0 Å². The number of aryl methyl sites for hydroxylation is 1. The number of nitrogens with one attached hydrogen (secondary N) is 1. The van der Waals surface area contributed by atoms with Crippen LogP contribution in [0.15, 0.2) is 12.1 Å². The topological polar surface area (TPSA) is 30.5 Å². The average Bonchev–Trinajstić information content (AvgIpc) is 2.31. The molecule has 0 spiro atoms. The molecule has 0 radical (unpaired) electrons. The molecule has 1 rings (SSSR count). The van der Waals surface area contributed by atoms with E-state index >= 15 is 0 Å². The first-order valence-corrected chi connectivity index (χ1v) is 5.74. The van der Waals surface area contributed by atoms with Gasteiger partial charge in [0.25, 0.3) is 0 Å². The van der Waals surface area contributed by atoms with E-state index < -0.39 is 0 Å². The quantitative estimate of drug-likeness (QED) is 0.615. The Morgan fingerprint density at radius 3 is 2.38 bits per heavy atom. The molecule has 90 valence electrons. The third-order valence-electron chi connectivity index (χ3n) is 2.43. The molecular weight excluding hydrogens is 226 g/mol. The van der Waals surface area contributed by atoms with Crippen molar-refractivity contribution in [3.8, 4) is 11.5 Å². The van der Waals surface area contributed by atoms with E-state index in [0.717, 1.165) is 24.6 Å². The molecule has 1 aromatic carbocycles. The molecule has 0 unspecified atom stereocenters. The van der Waals surface area contributed by atoms with Crippen molar-refractivity contribution in [1.29, 1.82) is 0 Å². The summed E-state index contributed by atoms with van der Waals surface area (Å²) in [5, 5.41) is 3.25. The lowest BCUT2D eigenvalue weighted by Crippen LogP contribution is -2.16. The number of benzene rings is 1. The lowest BCUT2D eigenvalue weighted by Gasteiger charge is -2.13. The van der Waals surface area contributed by atoms with E-state index in [1.807, 2.05) is 12.1 Å². The highest BCUT2D eigenvalue weighted by atomic mass is 35.5. The van der Waals surface area contributed by atoms with Crippen molar-refractivity contribution in [1.82, 2.24) is 5.32 Å². The van der Waals surface area contributed by atoms with E-state index in [4.69, 9.17) is 21.1 Å². The van der Waals surface area contributed by atoms with Crippen LogP contribution in [0.1, 0.15) is 11.1 Å². The summed E-state index contributed by atoms with van der Waals surface area (Å²) in [6.45, 7) is 3.65. The van der Waals surface area contributed by atoms with E-state index in [-0.39, 0.29) is 0 Å². The predicted octanol–water partition coefficient (Wildman–Crippen LogP) is 2.34. The Kier molecular flexibility index (Phi) is 5.43. The third kappa shape index (κ3) is 3.29. The van der Waals surface area contributed by atoms with E-state index in [1.54, 1.807) is 14.2 Å². The summed E-state index contributed by atoms with van der Waals surface area (Å²) < 4.78 is 10.5. The van der Waals surface area contributed by atoms with Gasteiger partial charge in [0.1, 0.15) is 0 Å². The Morgan fingerprint density at radius 1 is 1.19 bits per heavy atom. The summed E-state index contributed by atoms with van der Waals surface area (Å²) in [6, 6.07) is 3.98. The van der Waals surface area contributed by atoms with Crippen LogP contribution in [0.3, 0.4) is 0 Å². The van der Waals surface area contributed by atoms with Crippen molar-refractivity contribution < 1.29 is 9.47 Å². The number of ether oxygens (including phenoxy) is 2. The molecule has 4 heteroatoms. The van der Waals surface area contributed by atoms with Crippen LogP contribution >= 0.6 is 11.6 Å². The molecule has 1 aromatic rings. The molecule has 0 heterocycles. The second-order valence-electron chi connectivity index (χ2n) is 3.50. The minimum atomic E-state index is 0.617. The molecule has 0 aliphatic heterocycles. The van der Waals surface area contributed by atoms with E-state index in [1.165, 1.54) is 11.1 Å². The highest BCUT2D eigenvalue weighted by Crippen LogP contribution is 2.30. The van der Waals surface area contributed by atoms with Crippen molar-refractivity contribution in [3.05, 3.63) is 23.3 Å². The van der Waals surface area contributed by atoms with Crippen LogP contribution in [0.25, 0.3) is 0 Å². The van der Waals surface area contributed by atoms with Crippen LogP contribution in [0.5, 0.6) is 11.5 Å². The summed E-state index contributed by atoms with van der Waals surface area (Å²) >= 11 is 5.61. The molecule has 0 saturated heterocycles. The van der Waals surface area contributed by atoms with E-state index in [9.17, 15) is 0 Å². The smallest absolute Gasteiger partial charge is 0.161 e. The van der Waals surface area contributed by atoms with Gasteiger partial charge < -0.3 is 14.8 Å². The van der Waals surface area contributed by atoms with Gasteiger partial charge in [-0.1, -0.05) is 0 Å². The second kappa shape index (κ2) is 6.61. The zero-order chi connectivity index (χ0) is 12.0. The minimum absolute atomic E-state index is 0.617. The molecule has 16 heavy (non-hydrogen) atoms. The largest absolute Gasteiger partial charge is 0.493 e. The molecule has 0 atom stereocenters. The van der Waals surface area contributed by atoms with Crippen LogP contribution in [0.2, 0.25) is 0 Å². The zero-order valence-corrected chi connectivity index (χ0v) is 10.7. The van der Waals surface area contributed by atoms with Crippen molar-refractivity contribution in [2.75, 3.05) is 26.6 Å². The first-order chi connectivity index (χ1) is 7.72. The van der Waals surface area contributed by atoms with Crippen molar-refractivity contribution in [3.63, 3.8) is 0 Å². The van der Waals surface area contributed by atoms with Crippen LogP contribution in [0, 0.1) is 6.92 Å². The summed E-state index contributed by atoms with van der Waals surface area (Å²) in [7, 11) is 3.28. The molecule has 0 aromatic heterocycles. The minimum Gasteiger partial charge on any atom is -0.493 e. The fourth-order valence-corrected chi connectivity index (χ4v) is 1.64. The maximum Gasteiger partial charge on any atom is 0.161 e. The summed E-state index contributed by atoms with van der Waals surface area (Å²) in [5.74, 6) is 2.14. The fraction of sp³-hybridized carbons (Fsp3) is 0.500. The Morgan fingerprint density at radius 2 is 1.81 bits per heavy atom. The molecule has 0 fully saturated rings. The van der Waals surface area contributed by atoms with Gasteiger partial charge in [0.05, 0.1) is 14.2 Å². The second-order valence-corrected chi connectivity index (χ2v) is 3.88. The third-order valence-corrected chi connectivity index (χ3v) is 2.62. The molecule has 0 saturated carbocycles. The Hall–Kier alpha value is -0.930. The molecule has 0 aliphatic carbocycles. The number of halogens is 1. The van der Waals surface area contributed by atoms with Crippen molar-refractivity contribution in [2.45, 2.75) is 13.5 Å². The number of hydrogen-bond donors (Lipinski definition) is 1. The number of rotatable bonds is 6. The number of methoxy groups -OCH3 is 2. The molecular formula is C12H18ClNO2. The van der Waals surface area contributed by atoms with E-state index in [2.05, 4.69) is 12.2 Å². The lowest BCUT2D eigenvalue weighted by atomic mass is 10.1. The highest BCUT2D eigenvalue weighted by molar-refractivity contribution is 6.18. The van der Waals surface area contributed by atoms with Crippen LogP contribution in [-0.4, -0.2) is 26.6 Å². The van der Waals surface area contributed by atoms with Gasteiger partial charge in [-0.05, 0) is 30.2 Å². The predicted molar refractivity (Wildman–Crippen MR) is 66.7 cm³/mol. The Labute approximate surface area is 102 Å². The average molecular weight is 244 g/mol. The van der Waals surface area contributed by atoms with Gasteiger partial charge >= 0.3 is 0 Å². The number of hydrogen-bond acceptors (Lipinski definition) is 3. The maximum atomic E-state index is 5.61. The van der Waals surface area contributed by atoms with Gasteiger partial charge in [-0.15, -0.1) is 11.6 Å². The highest BCUT2D eigenvalue weighted by Gasteiger charge is 2.07. The first kappa shape index (κ1) is 13.1. The van der Waals surface area contributed by atoms with Crippen LogP contribution in [-0.2, 0) is 6.54 Å². The molecule has 3 nitrogen and oxygen atoms in total. The molecule has 0 aliphatic rings. The summed E-state index contributed by atoms with van der Waals surface area (Å²) in [4.78, 5) is 0. The van der Waals surface area contributed by atoms with Crippen LogP contribution < -0.4 is 14.8 Å². The first-order valence-electron chi connectivity index (χ1n) is 5.21. The molecule has 0 bridgehead atoms.